The van der Waals surface area contributed by atoms with Crippen molar-refractivity contribution in [2.24, 2.45) is 0 Å². The van der Waals surface area contributed by atoms with Crippen LogP contribution in [0.4, 0.5) is 0 Å². The lowest BCUT2D eigenvalue weighted by molar-refractivity contribution is -0.742. The fourth-order valence-electron chi connectivity index (χ4n) is 0.105. The first-order valence-corrected chi connectivity index (χ1v) is 2.02. The smallest absolute Gasteiger partial charge is 0.302 e. The van der Waals surface area contributed by atoms with Gasteiger partial charge in [-0.15, -0.1) is 20.2 Å². The molecule has 0 aliphatic heterocycles. The van der Waals surface area contributed by atoms with Gasteiger partial charge in [-0.05, 0) is 0 Å². The summed E-state index contributed by atoms with van der Waals surface area (Å²) in [7, 11) is 0. The highest BCUT2D eigenvalue weighted by Gasteiger charge is 1.95. The molecule has 0 fully saturated rings. The summed E-state index contributed by atoms with van der Waals surface area (Å²) in [5.41, 5.74) is 0. The van der Waals surface area contributed by atoms with E-state index in [4.69, 9.17) is 15.3 Å². The summed E-state index contributed by atoms with van der Waals surface area (Å²) >= 11 is 0. The standard InChI is InChI=1S/C2H3NO4.HNO3.H3N/c1-2(4)7-3(5)6;2-1(3)4;/h1H3;(H,2,3,4);1H3. The summed E-state index contributed by atoms with van der Waals surface area (Å²) < 4.78 is 0. The van der Waals surface area contributed by atoms with E-state index in [0.29, 0.717) is 0 Å². The van der Waals surface area contributed by atoms with E-state index in [9.17, 15) is 14.9 Å². The van der Waals surface area contributed by atoms with E-state index in [1.165, 1.54) is 0 Å². The topological polar surface area (TPSA) is 168 Å². The maximum absolute atomic E-state index is 9.59. The van der Waals surface area contributed by atoms with Gasteiger partial charge in [0, 0.05) is 6.92 Å². The monoisotopic (exact) mass is 185 g/mol. The van der Waals surface area contributed by atoms with Gasteiger partial charge >= 0.3 is 11.1 Å². The molecule has 0 saturated heterocycles. The number of rotatable bonds is 1. The highest BCUT2D eigenvalue weighted by atomic mass is 17.0. The number of carbonyl (C=O) groups is 1. The van der Waals surface area contributed by atoms with E-state index in [0.717, 1.165) is 6.92 Å². The van der Waals surface area contributed by atoms with Gasteiger partial charge in [-0.1, -0.05) is 0 Å². The van der Waals surface area contributed by atoms with Crippen molar-refractivity contribution in [1.82, 2.24) is 6.15 Å². The molecule has 0 unspecified atom stereocenters. The molecule has 0 aliphatic rings. The van der Waals surface area contributed by atoms with E-state index in [2.05, 4.69) is 4.84 Å². The molecule has 0 radical (unpaired) electrons. The SMILES string of the molecule is CC(=O)O[N+](=O)[O-].N.O=[N+]([O-])O. The number of hydrogen-bond donors (Lipinski definition) is 2. The Hall–Kier alpha value is -1.97. The van der Waals surface area contributed by atoms with Crippen LogP contribution in [0.3, 0.4) is 0 Å². The molecule has 0 spiro atoms. The molecule has 4 N–H and O–H groups in total. The Balaban J connectivity index is -0.000000142. The largest absolute Gasteiger partial charge is 0.344 e. The van der Waals surface area contributed by atoms with E-state index < -0.39 is 16.1 Å². The molecule has 12 heavy (non-hydrogen) atoms. The highest BCUT2D eigenvalue weighted by molar-refractivity contribution is 5.64. The molecular formula is C2H7N3O7. The van der Waals surface area contributed by atoms with Crippen LogP contribution in [0.15, 0.2) is 0 Å². The lowest BCUT2D eigenvalue weighted by Crippen LogP contribution is -2.04. The predicted octanol–water partition coefficient (Wildman–Crippen LogP) is -0.444. The van der Waals surface area contributed by atoms with Gasteiger partial charge in [0.15, 0.2) is 0 Å². The molecule has 0 heterocycles. The van der Waals surface area contributed by atoms with Crippen molar-refractivity contribution in [3.63, 3.8) is 0 Å². The van der Waals surface area contributed by atoms with Gasteiger partial charge in [-0.3, -0.25) is 4.79 Å². The van der Waals surface area contributed by atoms with Crippen LogP contribution in [0.1, 0.15) is 6.92 Å². The Morgan fingerprint density at radius 1 is 1.42 bits per heavy atom. The minimum Gasteiger partial charge on any atom is -0.344 e. The van der Waals surface area contributed by atoms with Gasteiger partial charge in [0.1, 0.15) is 0 Å². The summed E-state index contributed by atoms with van der Waals surface area (Å²) in [5.74, 6) is -0.912. The van der Waals surface area contributed by atoms with Crippen LogP contribution in [0.2, 0.25) is 0 Å². The lowest BCUT2D eigenvalue weighted by atomic mass is 10.8. The van der Waals surface area contributed by atoms with Crippen molar-refractivity contribution < 1.29 is 25.0 Å². The minimum absolute atomic E-state index is 0. The number of carbonyl (C=O) groups excluding carboxylic acids is 1. The van der Waals surface area contributed by atoms with Crippen molar-refractivity contribution in [2.75, 3.05) is 0 Å². The molecule has 0 aliphatic carbocycles. The van der Waals surface area contributed by atoms with Gasteiger partial charge in [-0.2, -0.15) is 0 Å². The first-order chi connectivity index (χ1) is 4.86. The Bertz CT molecular complexity index is 150. The first-order valence-electron chi connectivity index (χ1n) is 2.02. The molecule has 0 amide bonds. The number of hydrogen-bond acceptors (Lipinski definition) is 7. The Kier molecular flexibility index (Phi) is 12.5. The van der Waals surface area contributed by atoms with Gasteiger partial charge in [0.05, 0.1) is 0 Å². The molecule has 0 aromatic heterocycles. The zero-order valence-corrected chi connectivity index (χ0v) is 6.00. The number of nitrogens with zero attached hydrogens (tertiary/aromatic N) is 2. The van der Waals surface area contributed by atoms with Crippen LogP contribution in [-0.4, -0.2) is 21.3 Å². The molecule has 72 valence electrons. The van der Waals surface area contributed by atoms with Gasteiger partial charge in [-0.25, -0.2) is 4.84 Å². The van der Waals surface area contributed by atoms with E-state index in [1.807, 2.05) is 0 Å². The summed E-state index contributed by atoms with van der Waals surface area (Å²) in [6, 6.07) is 0. The normalized spacial score (nSPS) is 6.42. The Morgan fingerprint density at radius 2 is 1.67 bits per heavy atom. The van der Waals surface area contributed by atoms with Crippen molar-refractivity contribution in [3.8, 4) is 0 Å². The molecule has 10 heteroatoms. The van der Waals surface area contributed by atoms with Gasteiger partial charge in [0.2, 0.25) is 0 Å². The van der Waals surface area contributed by atoms with Crippen molar-refractivity contribution in [3.05, 3.63) is 20.2 Å². The van der Waals surface area contributed by atoms with Crippen LogP contribution < -0.4 is 6.15 Å². The fraction of sp³-hybridized carbons (Fsp3) is 0.500. The summed E-state index contributed by atoms with van der Waals surface area (Å²) in [6.45, 7) is 0.961. The van der Waals surface area contributed by atoms with E-state index in [1.54, 1.807) is 0 Å². The van der Waals surface area contributed by atoms with Crippen molar-refractivity contribution >= 4 is 5.97 Å². The summed E-state index contributed by atoms with van der Waals surface area (Å²) in [5, 5.41) is 21.7. The van der Waals surface area contributed by atoms with Crippen molar-refractivity contribution in [1.29, 1.82) is 0 Å². The van der Waals surface area contributed by atoms with E-state index in [-0.39, 0.29) is 6.15 Å². The average Bonchev–Trinajstić information content (AvgIpc) is 1.56. The first kappa shape index (κ1) is 16.5. The molecule has 0 rings (SSSR count). The van der Waals surface area contributed by atoms with Crippen molar-refractivity contribution in [2.45, 2.75) is 6.92 Å². The molecule has 0 aromatic rings. The van der Waals surface area contributed by atoms with Crippen LogP contribution in [0, 0.1) is 20.2 Å². The van der Waals surface area contributed by atoms with Crippen LogP contribution in [0.25, 0.3) is 0 Å². The maximum Gasteiger partial charge on any atom is 0.302 e. The van der Waals surface area contributed by atoms with Gasteiger partial charge in [0.25, 0.3) is 5.09 Å². The minimum atomic E-state index is -1.50. The third-order valence-corrected chi connectivity index (χ3v) is 0.203. The molecule has 0 atom stereocenters. The van der Waals surface area contributed by atoms with Crippen LogP contribution in [0.5, 0.6) is 0 Å². The molecule has 0 aromatic carbocycles. The quantitative estimate of drug-likeness (QED) is 0.408. The Morgan fingerprint density at radius 3 is 1.67 bits per heavy atom. The Labute approximate surface area is 65.5 Å². The molecular weight excluding hydrogens is 178 g/mol. The average molecular weight is 185 g/mol. The molecule has 0 saturated carbocycles. The third kappa shape index (κ3) is 96.3. The maximum atomic E-state index is 9.59. The van der Waals surface area contributed by atoms with Gasteiger partial charge < -0.3 is 11.4 Å². The van der Waals surface area contributed by atoms with Crippen LogP contribution in [-0.2, 0) is 9.63 Å². The zero-order valence-electron chi connectivity index (χ0n) is 6.00. The molecule has 10 nitrogen and oxygen atoms in total. The third-order valence-electron chi connectivity index (χ3n) is 0.203. The van der Waals surface area contributed by atoms with E-state index >= 15 is 0 Å². The second kappa shape index (κ2) is 9.03. The fourth-order valence-corrected chi connectivity index (χ4v) is 0.105. The molecule has 0 bridgehead atoms. The second-order valence-corrected chi connectivity index (χ2v) is 1.04. The predicted molar refractivity (Wildman–Crippen MR) is 32.6 cm³/mol. The summed E-state index contributed by atoms with van der Waals surface area (Å²) in [6.07, 6.45) is 0. The lowest BCUT2D eigenvalue weighted by Gasteiger charge is -1.82. The summed E-state index contributed by atoms with van der Waals surface area (Å²) in [4.78, 5) is 30.5. The highest BCUT2D eigenvalue weighted by Crippen LogP contribution is 1.72. The zero-order chi connectivity index (χ0) is 9.44. The van der Waals surface area contributed by atoms with Crippen LogP contribution >= 0.6 is 0 Å². The second-order valence-electron chi connectivity index (χ2n) is 1.04.